The molecular formula is C44H53N3O8. The van der Waals surface area contributed by atoms with E-state index in [1.807, 2.05) is 103 Å². The standard InChI is InChI=1S/C44H53N3O8/c1-30(2)26-32-12-14-33(15-13-32)31(3)43(51)46-27-41(49)47-37(28-54-42(50)25-24-40(48)45-4)29-55-44(34-10-8-7-9-11-34,35-16-20-38(52-5)21-17-35)36-18-22-39(53-6)23-19-36/h7-23,30-31,37H,24-29H2,1-6H3,(H,45,48)(H,46,51)(H,47,49)/t31-,37?/m0/s1. The lowest BCUT2D eigenvalue weighted by Crippen LogP contribution is -2.48. The highest BCUT2D eigenvalue weighted by Crippen LogP contribution is 2.41. The van der Waals surface area contributed by atoms with E-state index in [4.69, 9.17) is 18.9 Å². The number of carbonyl (C=O) groups is 4. The zero-order valence-corrected chi connectivity index (χ0v) is 32.6. The van der Waals surface area contributed by atoms with E-state index in [2.05, 4.69) is 29.8 Å². The van der Waals surface area contributed by atoms with E-state index in [1.165, 1.54) is 12.6 Å². The Morgan fingerprint density at radius 2 is 1.24 bits per heavy atom. The van der Waals surface area contributed by atoms with Gasteiger partial charge >= 0.3 is 5.97 Å². The molecule has 4 aromatic carbocycles. The zero-order chi connectivity index (χ0) is 39.8. The van der Waals surface area contributed by atoms with Crippen molar-refractivity contribution in [1.29, 1.82) is 0 Å². The van der Waals surface area contributed by atoms with Gasteiger partial charge < -0.3 is 34.9 Å². The number of ether oxygens (including phenoxy) is 4. The van der Waals surface area contributed by atoms with Gasteiger partial charge in [-0.05, 0) is 71.3 Å². The van der Waals surface area contributed by atoms with Crippen LogP contribution in [0.5, 0.6) is 11.5 Å². The Morgan fingerprint density at radius 1 is 0.673 bits per heavy atom. The number of amides is 3. The molecule has 292 valence electrons. The van der Waals surface area contributed by atoms with Gasteiger partial charge in [-0.2, -0.15) is 0 Å². The van der Waals surface area contributed by atoms with Gasteiger partial charge in [0, 0.05) is 13.5 Å². The van der Waals surface area contributed by atoms with Crippen LogP contribution in [0.4, 0.5) is 0 Å². The van der Waals surface area contributed by atoms with Gasteiger partial charge in [0.15, 0.2) is 0 Å². The van der Waals surface area contributed by atoms with Crippen molar-refractivity contribution in [3.05, 3.63) is 131 Å². The molecule has 0 aliphatic rings. The quantitative estimate of drug-likeness (QED) is 0.0774. The summed E-state index contributed by atoms with van der Waals surface area (Å²) in [6, 6.07) is 31.8. The molecule has 0 aliphatic heterocycles. The van der Waals surface area contributed by atoms with Gasteiger partial charge in [0.05, 0.1) is 45.8 Å². The smallest absolute Gasteiger partial charge is 0.306 e. The second-order valence-electron chi connectivity index (χ2n) is 13.7. The first-order chi connectivity index (χ1) is 26.5. The second-order valence-corrected chi connectivity index (χ2v) is 13.7. The maximum Gasteiger partial charge on any atom is 0.306 e. The lowest BCUT2D eigenvalue weighted by molar-refractivity contribution is -0.147. The summed E-state index contributed by atoms with van der Waals surface area (Å²) in [7, 11) is 4.68. The number of methoxy groups -OCH3 is 2. The summed E-state index contributed by atoms with van der Waals surface area (Å²) in [5.74, 6) is -0.351. The van der Waals surface area contributed by atoms with Gasteiger partial charge in [-0.15, -0.1) is 0 Å². The zero-order valence-electron chi connectivity index (χ0n) is 32.6. The predicted octanol–water partition coefficient (Wildman–Crippen LogP) is 5.68. The molecule has 0 aromatic heterocycles. The van der Waals surface area contributed by atoms with E-state index in [0.29, 0.717) is 17.4 Å². The number of esters is 1. The molecule has 0 bridgehead atoms. The van der Waals surface area contributed by atoms with Crippen molar-refractivity contribution in [2.24, 2.45) is 5.92 Å². The van der Waals surface area contributed by atoms with E-state index in [1.54, 1.807) is 21.1 Å². The topological polar surface area (TPSA) is 141 Å². The first-order valence-corrected chi connectivity index (χ1v) is 18.5. The predicted molar refractivity (Wildman–Crippen MR) is 211 cm³/mol. The van der Waals surface area contributed by atoms with Crippen LogP contribution in [-0.2, 0) is 40.7 Å². The van der Waals surface area contributed by atoms with Crippen LogP contribution in [0.15, 0.2) is 103 Å². The third-order valence-corrected chi connectivity index (χ3v) is 9.26. The summed E-state index contributed by atoms with van der Waals surface area (Å²) < 4.78 is 23.4. The molecule has 0 saturated heterocycles. The summed E-state index contributed by atoms with van der Waals surface area (Å²) in [4.78, 5) is 51.1. The molecule has 4 rings (SSSR count). The largest absolute Gasteiger partial charge is 0.497 e. The number of hydrogen-bond donors (Lipinski definition) is 3. The molecule has 0 aliphatic carbocycles. The van der Waals surface area contributed by atoms with Crippen LogP contribution in [0, 0.1) is 5.92 Å². The summed E-state index contributed by atoms with van der Waals surface area (Å²) in [5, 5.41) is 8.12. The maximum absolute atomic E-state index is 13.4. The van der Waals surface area contributed by atoms with E-state index in [9.17, 15) is 19.2 Å². The van der Waals surface area contributed by atoms with Crippen LogP contribution in [0.2, 0.25) is 0 Å². The Morgan fingerprint density at radius 3 is 1.76 bits per heavy atom. The summed E-state index contributed by atoms with van der Waals surface area (Å²) in [6.07, 6.45) is 0.765. The fraction of sp³-hybridized carbons (Fsp3) is 0.364. The molecule has 11 nitrogen and oxygen atoms in total. The SMILES string of the molecule is CNC(=O)CCC(=O)OCC(COC(c1ccccc1)(c1ccc(OC)cc1)c1ccc(OC)cc1)NC(=O)CNC(=O)[C@@H](C)c1ccc(CC(C)C)cc1. The normalized spacial score (nSPS) is 12.3. The second kappa shape index (κ2) is 20.7. The Kier molecular flexibility index (Phi) is 15.8. The third kappa shape index (κ3) is 11.9. The van der Waals surface area contributed by atoms with E-state index >= 15 is 0 Å². The molecule has 0 radical (unpaired) electrons. The van der Waals surface area contributed by atoms with Gasteiger partial charge in [-0.1, -0.05) is 92.7 Å². The van der Waals surface area contributed by atoms with E-state index < -0.39 is 29.4 Å². The Labute approximate surface area is 324 Å². The summed E-state index contributed by atoms with van der Waals surface area (Å²) >= 11 is 0. The van der Waals surface area contributed by atoms with Crippen LogP contribution in [-0.4, -0.2) is 70.8 Å². The van der Waals surface area contributed by atoms with Crippen LogP contribution < -0.4 is 25.4 Å². The molecule has 3 N–H and O–H groups in total. The van der Waals surface area contributed by atoms with E-state index in [-0.39, 0.29) is 44.4 Å². The van der Waals surface area contributed by atoms with Crippen LogP contribution in [0.25, 0.3) is 0 Å². The van der Waals surface area contributed by atoms with Crippen molar-refractivity contribution >= 4 is 23.7 Å². The monoisotopic (exact) mass is 751 g/mol. The fourth-order valence-corrected chi connectivity index (χ4v) is 6.20. The minimum Gasteiger partial charge on any atom is -0.497 e. The average Bonchev–Trinajstić information content (AvgIpc) is 3.21. The van der Waals surface area contributed by atoms with Crippen molar-refractivity contribution in [2.45, 2.75) is 57.6 Å². The van der Waals surface area contributed by atoms with Crippen molar-refractivity contribution in [3.63, 3.8) is 0 Å². The number of nitrogens with one attached hydrogen (secondary N) is 3. The molecular weight excluding hydrogens is 698 g/mol. The summed E-state index contributed by atoms with van der Waals surface area (Å²) in [5.41, 5.74) is 3.18. The van der Waals surface area contributed by atoms with Crippen molar-refractivity contribution < 1.29 is 38.1 Å². The van der Waals surface area contributed by atoms with E-state index in [0.717, 1.165) is 28.7 Å². The number of hydrogen-bond acceptors (Lipinski definition) is 8. The Bertz CT molecular complexity index is 1780. The highest BCUT2D eigenvalue weighted by Gasteiger charge is 2.39. The highest BCUT2D eigenvalue weighted by atomic mass is 16.5. The van der Waals surface area contributed by atoms with Gasteiger partial charge in [0.25, 0.3) is 0 Å². The first kappa shape index (κ1) is 42.1. The molecule has 4 aromatic rings. The van der Waals surface area contributed by atoms with Gasteiger partial charge in [-0.25, -0.2) is 0 Å². The first-order valence-electron chi connectivity index (χ1n) is 18.5. The molecule has 3 amide bonds. The molecule has 0 saturated carbocycles. The summed E-state index contributed by atoms with van der Waals surface area (Å²) in [6.45, 7) is 5.43. The Balaban J connectivity index is 1.59. The van der Waals surface area contributed by atoms with Gasteiger partial charge in [0.2, 0.25) is 17.7 Å². The molecule has 11 heteroatoms. The van der Waals surface area contributed by atoms with Crippen LogP contribution >= 0.6 is 0 Å². The molecule has 0 heterocycles. The number of benzene rings is 4. The molecule has 1 unspecified atom stereocenters. The molecule has 0 spiro atoms. The van der Waals surface area contributed by atoms with Crippen molar-refractivity contribution in [2.75, 3.05) is 41.0 Å². The molecule has 55 heavy (non-hydrogen) atoms. The number of rotatable bonds is 20. The lowest BCUT2D eigenvalue weighted by atomic mass is 9.80. The third-order valence-electron chi connectivity index (χ3n) is 9.26. The van der Waals surface area contributed by atoms with Gasteiger partial charge in [-0.3, -0.25) is 19.2 Å². The molecule has 2 atom stereocenters. The minimum absolute atomic E-state index is 0.0421. The van der Waals surface area contributed by atoms with Crippen LogP contribution in [0.3, 0.4) is 0 Å². The van der Waals surface area contributed by atoms with Crippen molar-refractivity contribution in [1.82, 2.24) is 16.0 Å². The fourth-order valence-electron chi connectivity index (χ4n) is 6.20. The number of carbonyl (C=O) groups excluding carboxylic acids is 4. The Hall–Kier alpha value is -5.68. The average molecular weight is 752 g/mol. The van der Waals surface area contributed by atoms with Crippen molar-refractivity contribution in [3.8, 4) is 11.5 Å². The highest BCUT2D eigenvalue weighted by molar-refractivity contribution is 5.88. The minimum atomic E-state index is -1.21. The maximum atomic E-state index is 13.4. The lowest BCUT2D eigenvalue weighted by Gasteiger charge is -2.37. The van der Waals surface area contributed by atoms with Crippen LogP contribution in [0.1, 0.15) is 67.3 Å². The molecule has 0 fully saturated rings. The van der Waals surface area contributed by atoms with Gasteiger partial charge in [0.1, 0.15) is 23.7 Å².